The maximum absolute atomic E-state index is 13.2. The first kappa shape index (κ1) is 12.8. The molecule has 1 aromatic carbocycles. The van der Waals surface area contributed by atoms with Crippen LogP contribution < -0.4 is 0 Å². The molecule has 1 atom stereocenters. The fourth-order valence-corrected chi connectivity index (χ4v) is 2.61. The van der Waals surface area contributed by atoms with Crippen LogP contribution in [-0.2, 0) is 17.8 Å². The van der Waals surface area contributed by atoms with Crippen molar-refractivity contribution < 1.29 is 14.3 Å². The van der Waals surface area contributed by atoms with Gasteiger partial charge in [-0.25, -0.2) is 4.39 Å². The van der Waals surface area contributed by atoms with E-state index < -0.39 is 11.9 Å². The Balaban J connectivity index is 2.04. The number of benzene rings is 1. The molecule has 0 aliphatic carbocycles. The summed E-state index contributed by atoms with van der Waals surface area (Å²) in [6, 6.07) is 4.47. The zero-order valence-corrected chi connectivity index (χ0v) is 11.0. The molecule has 1 unspecified atom stereocenters. The lowest BCUT2D eigenvalue weighted by Gasteiger charge is -2.21. The molecule has 1 aliphatic heterocycles. The molecular weight excluding hydrogens is 261 g/mol. The molecule has 0 spiro atoms. The topological polar surface area (TPSA) is 68.0 Å². The second-order valence-corrected chi connectivity index (χ2v) is 5.08. The Hall–Kier alpha value is -2.24. The lowest BCUT2D eigenvalue weighted by Crippen LogP contribution is -2.27. The summed E-state index contributed by atoms with van der Waals surface area (Å²) < 4.78 is 15.0. The van der Waals surface area contributed by atoms with E-state index in [1.54, 1.807) is 13.0 Å². The maximum Gasteiger partial charge on any atom is 0.308 e. The highest BCUT2D eigenvalue weighted by atomic mass is 19.1. The molecule has 2 aromatic rings. The number of nitrogens with zero attached hydrogens (tertiary/aromatic N) is 3. The van der Waals surface area contributed by atoms with E-state index in [1.165, 1.54) is 12.1 Å². The Kier molecular flexibility index (Phi) is 3.00. The lowest BCUT2D eigenvalue weighted by atomic mass is 9.99. The van der Waals surface area contributed by atoms with Crippen molar-refractivity contribution in [1.82, 2.24) is 14.8 Å². The number of hydrogen-bond donors (Lipinski definition) is 1. The maximum atomic E-state index is 13.2. The summed E-state index contributed by atoms with van der Waals surface area (Å²) in [5.41, 5.74) is 1.55. The van der Waals surface area contributed by atoms with E-state index in [0.29, 0.717) is 25.2 Å². The third kappa shape index (κ3) is 2.07. The van der Waals surface area contributed by atoms with Gasteiger partial charge in [0.15, 0.2) is 5.82 Å². The zero-order chi connectivity index (χ0) is 14.3. The smallest absolute Gasteiger partial charge is 0.308 e. The summed E-state index contributed by atoms with van der Waals surface area (Å²) in [4.78, 5) is 11.1. The van der Waals surface area contributed by atoms with Gasteiger partial charge in [0, 0.05) is 18.5 Å². The summed E-state index contributed by atoms with van der Waals surface area (Å²) >= 11 is 0. The minimum absolute atomic E-state index is 0.298. The average Bonchev–Trinajstić information content (AvgIpc) is 2.81. The van der Waals surface area contributed by atoms with Crippen LogP contribution in [0, 0.1) is 18.7 Å². The second-order valence-electron chi connectivity index (χ2n) is 5.08. The zero-order valence-electron chi connectivity index (χ0n) is 11.0. The fourth-order valence-electron chi connectivity index (χ4n) is 2.61. The predicted octanol–water partition coefficient (Wildman–Crippen LogP) is 2.04. The number of carboxylic acids is 1. The van der Waals surface area contributed by atoms with E-state index in [4.69, 9.17) is 5.11 Å². The molecule has 0 bridgehead atoms. The van der Waals surface area contributed by atoms with Gasteiger partial charge < -0.3 is 9.67 Å². The number of carbonyl (C=O) groups is 1. The first-order chi connectivity index (χ1) is 9.56. The Morgan fingerprint density at radius 3 is 2.95 bits per heavy atom. The third-order valence-electron chi connectivity index (χ3n) is 3.73. The molecule has 1 N–H and O–H groups in total. The van der Waals surface area contributed by atoms with Crippen LogP contribution in [0.1, 0.15) is 17.8 Å². The second kappa shape index (κ2) is 4.70. The summed E-state index contributed by atoms with van der Waals surface area (Å²) in [6.45, 7) is 2.17. The van der Waals surface area contributed by atoms with Crippen LogP contribution in [-0.4, -0.2) is 25.8 Å². The van der Waals surface area contributed by atoms with Gasteiger partial charge in [0.2, 0.25) is 0 Å². The molecule has 104 valence electrons. The van der Waals surface area contributed by atoms with Gasteiger partial charge in [-0.15, -0.1) is 10.2 Å². The van der Waals surface area contributed by atoms with Crippen LogP contribution in [0.15, 0.2) is 18.2 Å². The van der Waals surface area contributed by atoms with Crippen molar-refractivity contribution in [1.29, 1.82) is 0 Å². The number of aryl methyl sites for hydroxylation is 2. The summed E-state index contributed by atoms with van der Waals surface area (Å²) in [5, 5.41) is 17.4. The van der Waals surface area contributed by atoms with Crippen molar-refractivity contribution in [3.8, 4) is 11.4 Å². The van der Waals surface area contributed by atoms with E-state index in [-0.39, 0.29) is 5.82 Å². The Labute approximate surface area is 115 Å². The van der Waals surface area contributed by atoms with E-state index in [9.17, 15) is 9.18 Å². The molecule has 0 saturated heterocycles. The van der Waals surface area contributed by atoms with E-state index in [2.05, 4.69) is 10.2 Å². The van der Waals surface area contributed by atoms with Gasteiger partial charge in [-0.1, -0.05) is 0 Å². The standard InChI is InChI=1S/C14H14FN3O2/c1-8-6-10(15)3-4-11(8)13-17-16-12-5-2-9(14(19)20)7-18(12)13/h3-4,6,9H,2,5,7H2,1H3,(H,19,20). The van der Waals surface area contributed by atoms with Gasteiger partial charge in [0.25, 0.3) is 0 Å². The molecule has 0 saturated carbocycles. The van der Waals surface area contributed by atoms with Crippen LogP contribution in [0.2, 0.25) is 0 Å². The van der Waals surface area contributed by atoms with Crippen molar-refractivity contribution in [2.45, 2.75) is 26.3 Å². The summed E-state index contributed by atoms with van der Waals surface area (Å²) in [7, 11) is 0. The van der Waals surface area contributed by atoms with Crippen molar-refractivity contribution in [3.63, 3.8) is 0 Å². The lowest BCUT2D eigenvalue weighted by molar-refractivity contribution is -0.142. The van der Waals surface area contributed by atoms with Gasteiger partial charge in [-0.2, -0.15) is 0 Å². The fraction of sp³-hybridized carbons (Fsp3) is 0.357. The first-order valence-electron chi connectivity index (χ1n) is 6.47. The molecule has 2 heterocycles. The first-order valence-corrected chi connectivity index (χ1v) is 6.47. The highest BCUT2D eigenvalue weighted by molar-refractivity contribution is 5.70. The minimum Gasteiger partial charge on any atom is -0.481 e. The SMILES string of the molecule is Cc1cc(F)ccc1-c1nnc2n1CC(C(=O)O)CC2. The third-order valence-corrected chi connectivity index (χ3v) is 3.73. The number of hydrogen-bond acceptors (Lipinski definition) is 3. The molecule has 6 heteroatoms. The van der Waals surface area contributed by atoms with Crippen LogP contribution in [0.25, 0.3) is 11.4 Å². The number of rotatable bonds is 2. The molecule has 0 amide bonds. The van der Waals surface area contributed by atoms with Gasteiger partial charge in [0.05, 0.1) is 5.92 Å². The van der Waals surface area contributed by atoms with Gasteiger partial charge in [0.1, 0.15) is 11.6 Å². The van der Waals surface area contributed by atoms with Gasteiger partial charge in [-0.3, -0.25) is 4.79 Å². The van der Waals surface area contributed by atoms with Gasteiger partial charge >= 0.3 is 5.97 Å². The largest absolute Gasteiger partial charge is 0.481 e. The molecule has 1 aliphatic rings. The van der Waals surface area contributed by atoms with Crippen LogP contribution in [0.4, 0.5) is 4.39 Å². The van der Waals surface area contributed by atoms with E-state index in [1.807, 2.05) is 4.57 Å². The molecule has 0 fully saturated rings. The van der Waals surface area contributed by atoms with E-state index in [0.717, 1.165) is 17.0 Å². The molecule has 3 rings (SSSR count). The summed E-state index contributed by atoms with van der Waals surface area (Å²) in [6.07, 6.45) is 1.18. The monoisotopic (exact) mass is 275 g/mol. The normalized spacial score (nSPS) is 17.8. The Morgan fingerprint density at radius 2 is 2.25 bits per heavy atom. The van der Waals surface area contributed by atoms with Gasteiger partial charge in [-0.05, 0) is 37.1 Å². The van der Waals surface area contributed by atoms with Crippen molar-refractivity contribution in [2.75, 3.05) is 0 Å². The molecule has 1 aromatic heterocycles. The van der Waals surface area contributed by atoms with Crippen LogP contribution in [0.5, 0.6) is 0 Å². The number of carboxylic acid groups (broad SMARTS) is 1. The average molecular weight is 275 g/mol. The number of aromatic nitrogens is 3. The van der Waals surface area contributed by atoms with E-state index >= 15 is 0 Å². The molecule has 20 heavy (non-hydrogen) atoms. The van der Waals surface area contributed by atoms with Crippen LogP contribution >= 0.6 is 0 Å². The number of aliphatic carboxylic acids is 1. The highest BCUT2D eigenvalue weighted by Gasteiger charge is 2.28. The summed E-state index contributed by atoms with van der Waals surface area (Å²) in [5.74, 6) is -0.109. The Morgan fingerprint density at radius 1 is 1.45 bits per heavy atom. The van der Waals surface area contributed by atoms with Crippen molar-refractivity contribution in [3.05, 3.63) is 35.4 Å². The van der Waals surface area contributed by atoms with Crippen molar-refractivity contribution >= 4 is 5.97 Å². The van der Waals surface area contributed by atoms with Crippen molar-refractivity contribution in [2.24, 2.45) is 5.92 Å². The minimum atomic E-state index is -0.800. The number of halogens is 1. The predicted molar refractivity (Wildman–Crippen MR) is 69.6 cm³/mol. The Bertz CT molecular complexity index is 681. The molecule has 0 radical (unpaired) electrons. The highest BCUT2D eigenvalue weighted by Crippen LogP contribution is 2.28. The quantitative estimate of drug-likeness (QED) is 0.910. The number of fused-ring (bicyclic) bond motifs is 1. The van der Waals surface area contributed by atoms with Crippen LogP contribution in [0.3, 0.4) is 0 Å². The molecule has 5 nitrogen and oxygen atoms in total. The molecular formula is C14H14FN3O2.